The van der Waals surface area contributed by atoms with Crippen LogP contribution in [-0.4, -0.2) is 27.4 Å². The number of benzene rings is 1. The molecule has 1 N–H and O–H groups in total. The maximum Gasteiger partial charge on any atom is 0.205 e. The van der Waals surface area contributed by atoms with Crippen LogP contribution in [0.3, 0.4) is 0 Å². The number of fused-ring (bicyclic) bond motifs is 1. The third kappa shape index (κ3) is 4.47. The number of allylic oxidation sites excluding steroid dienone is 3. The monoisotopic (exact) mass is 454 g/mol. The second kappa shape index (κ2) is 9.31. The topological polar surface area (TPSA) is 78.4 Å². The SMILES string of the molecule is C\C=C/C=C(\C=N\C#N)CNc1cc(-c2ccccc2Cl)nc2c(Br)cnn12. The molecule has 0 amide bonds. The summed E-state index contributed by atoms with van der Waals surface area (Å²) in [4.78, 5) is 8.35. The molecule has 2 aromatic heterocycles. The number of nitrogens with zero attached hydrogens (tertiary/aromatic N) is 5. The van der Waals surface area contributed by atoms with E-state index in [2.05, 4.69) is 36.3 Å². The van der Waals surface area contributed by atoms with Crippen LogP contribution in [-0.2, 0) is 0 Å². The highest BCUT2D eigenvalue weighted by atomic mass is 79.9. The Bertz CT molecular complexity index is 1120. The maximum atomic E-state index is 8.70. The number of rotatable bonds is 6. The van der Waals surface area contributed by atoms with Gasteiger partial charge in [0.05, 0.1) is 16.4 Å². The molecule has 3 aromatic rings. The van der Waals surface area contributed by atoms with Crippen molar-refractivity contribution in [2.45, 2.75) is 6.92 Å². The summed E-state index contributed by atoms with van der Waals surface area (Å²) in [5, 5.41) is 17.0. The summed E-state index contributed by atoms with van der Waals surface area (Å²) in [7, 11) is 0. The molecule has 0 atom stereocenters. The van der Waals surface area contributed by atoms with E-state index in [1.807, 2.05) is 55.5 Å². The van der Waals surface area contributed by atoms with Crippen LogP contribution in [0.15, 0.2) is 69.8 Å². The minimum Gasteiger partial charge on any atom is -0.366 e. The first-order valence-electron chi connectivity index (χ1n) is 8.41. The highest BCUT2D eigenvalue weighted by molar-refractivity contribution is 9.10. The minimum absolute atomic E-state index is 0.452. The van der Waals surface area contributed by atoms with Crippen LogP contribution in [0.1, 0.15) is 6.92 Å². The first-order valence-corrected chi connectivity index (χ1v) is 9.58. The molecule has 0 fully saturated rings. The van der Waals surface area contributed by atoms with Crippen molar-refractivity contribution < 1.29 is 0 Å². The van der Waals surface area contributed by atoms with E-state index in [0.717, 1.165) is 27.1 Å². The van der Waals surface area contributed by atoms with E-state index in [-0.39, 0.29) is 0 Å². The predicted octanol–water partition coefficient (Wildman–Crippen LogP) is 5.28. The van der Waals surface area contributed by atoms with Crippen LogP contribution >= 0.6 is 27.5 Å². The molecule has 2 heterocycles. The van der Waals surface area contributed by atoms with Gasteiger partial charge in [-0.2, -0.15) is 19.9 Å². The van der Waals surface area contributed by atoms with Crippen molar-refractivity contribution in [2.24, 2.45) is 4.99 Å². The normalized spacial score (nSPS) is 12.1. The minimum atomic E-state index is 0.452. The van der Waals surface area contributed by atoms with Crippen molar-refractivity contribution in [3.63, 3.8) is 0 Å². The van der Waals surface area contributed by atoms with Gasteiger partial charge in [0.15, 0.2) is 5.65 Å². The molecule has 0 spiro atoms. The number of nitrogens with one attached hydrogen (secondary N) is 1. The molecule has 6 nitrogen and oxygen atoms in total. The van der Waals surface area contributed by atoms with Gasteiger partial charge in [-0.3, -0.25) is 0 Å². The molecule has 0 aliphatic rings. The van der Waals surface area contributed by atoms with Crippen LogP contribution in [0.5, 0.6) is 0 Å². The Hall–Kier alpha value is -2.95. The quantitative estimate of drug-likeness (QED) is 0.312. The molecule has 28 heavy (non-hydrogen) atoms. The van der Waals surface area contributed by atoms with Crippen molar-refractivity contribution in [1.29, 1.82) is 5.26 Å². The van der Waals surface area contributed by atoms with Gasteiger partial charge in [0.2, 0.25) is 6.19 Å². The molecule has 0 aliphatic carbocycles. The van der Waals surface area contributed by atoms with Gasteiger partial charge in [-0.25, -0.2) is 4.98 Å². The van der Waals surface area contributed by atoms with Crippen LogP contribution < -0.4 is 5.32 Å². The lowest BCUT2D eigenvalue weighted by atomic mass is 10.1. The Morgan fingerprint density at radius 3 is 3.00 bits per heavy atom. The van der Waals surface area contributed by atoms with E-state index >= 15 is 0 Å². The summed E-state index contributed by atoms with van der Waals surface area (Å²) in [5.41, 5.74) is 3.07. The highest BCUT2D eigenvalue weighted by Gasteiger charge is 2.13. The molecular formula is C20H16BrClN6. The lowest BCUT2D eigenvalue weighted by molar-refractivity contribution is 0.937. The smallest absolute Gasteiger partial charge is 0.205 e. The third-order valence-corrected chi connectivity index (χ3v) is 4.73. The average molecular weight is 456 g/mol. The van der Waals surface area contributed by atoms with Crippen LogP contribution in [0.25, 0.3) is 16.9 Å². The van der Waals surface area contributed by atoms with Crippen molar-refractivity contribution >= 4 is 45.2 Å². The number of hydrogen-bond donors (Lipinski definition) is 1. The first-order chi connectivity index (χ1) is 13.6. The molecule has 0 bridgehead atoms. The lowest BCUT2D eigenvalue weighted by Crippen LogP contribution is -2.10. The summed E-state index contributed by atoms with van der Waals surface area (Å²) in [6.45, 7) is 2.38. The van der Waals surface area contributed by atoms with Gasteiger partial charge >= 0.3 is 0 Å². The molecule has 0 radical (unpaired) electrons. The fourth-order valence-corrected chi connectivity index (χ4v) is 3.12. The number of hydrogen-bond acceptors (Lipinski definition) is 5. The largest absolute Gasteiger partial charge is 0.366 e. The zero-order chi connectivity index (χ0) is 19.9. The van der Waals surface area contributed by atoms with Crippen molar-refractivity contribution in [3.8, 4) is 17.5 Å². The standard InChI is InChI=1S/C20H16BrClN6/c1-2-3-6-14(10-24-13-23)11-25-19-9-18(15-7-4-5-8-17(15)22)27-20-16(21)12-26-28(19)20/h2-10,12,25H,11H2,1H3/b3-2-,14-6+,24-10+. The van der Waals surface area contributed by atoms with Gasteiger partial charge in [-0.15, -0.1) is 0 Å². The van der Waals surface area contributed by atoms with Gasteiger partial charge in [-0.05, 0) is 34.5 Å². The Kier molecular flexibility index (Phi) is 6.58. The Morgan fingerprint density at radius 1 is 1.43 bits per heavy atom. The second-order valence-corrected chi connectivity index (χ2v) is 6.98. The molecule has 0 saturated heterocycles. The van der Waals surface area contributed by atoms with Crippen molar-refractivity contribution in [2.75, 3.05) is 11.9 Å². The van der Waals surface area contributed by atoms with Crippen LogP contribution in [0.2, 0.25) is 5.02 Å². The van der Waals surface area contributed by atoms with Gasteiger partial charge in [0.1, 0.15) is 5.82 Å². The number of aliphatic imine (C=N–C) groups is 1. The Morgan fingerprint density at radius 2 is 2.25 bits per heavy atom. The fourth-order valence-electron chi connectivity index (χ4n) is 2.54. The first kappa shape index (κ1) is 19.8. The molecular weight excluding hydrogens is 440 g/mol. The van der Waals surface area contributed by atoms with Crippen LogP contribution in [0.4, 0.5) is 5.82 Å². The molecule has 1 aromatic carbocycles. The van der Waals surface area contributed by atoms with E-state index in [9.17, 15) is 0 Å². The zero-order valence-corrected chi connectivity index (χ0v) is 17.3. The summed E-state index contributed by atoms with van der Waals surface area (Å²) in [6, 6.07) is 9.44. The molecule has 0 aliphatic heterocycles. The fraction of sp³-hybridized carbons (Fsp3) is 0.100. The van der Waals surface area contributed by atoms with E-state index in [4.69, 9.17) is 16.9 Å². The third-order valence-electron chi connectivity index (χ3n) is 3.84. The lowest BCUT2D eigenvalue weighted by Gasteiger charge is -2.12. The molecule has 3 rings (SSSR count). The molecule has 0 saturated carbocycles. The van der Waals surface area contributed by atoms with Crippen LogP contribution in [0, 0.1) is 11.5 Å². The van der Waals surface area contributed by atoms with Gasteiger partial charge in [0.25, 0.3) is 0 Å². The predicted molar refractivity (Wildman–Crippen MR) is 117 cm³/mol. The summed E-state index contributed by atoms with van der Waals surface area (Å²) in [6.07, 6.45) is 10.7. The number of aromatic nitrogens is 3. The molecule has 8 heteroatoms. The van der Waals surface area contributed by atoms with E-state index < -0.39 is 0 Å². The average Bonchev–Trinajstić information content (AvgIpc) is 3.08. The summed E-state index contributed by atoms with van der Waals surface area (Å²) >= 11 is 9.85. The van der Waals surface area contributed by atoms with Crippen molar-refractivity contribution in [3.05, 3.63) is 69.8 Å². The Balaban J connectivity index is 2.02. The highest BCUT2D eigenvalue weighted by Crippen LogP contribution is 2.30. The molecule has 0 unspecified atom stereocenters. The van der Waals surface area contributed by atoms with E-state index in [1.165, 1.54) is 6.21 Å². The zero-order valence-electron chi connectivity index (χ0n) is 15.0. The maximum absolute atomic E-state index is 8.70. The van der Waals surface area contributed by atoms with E-state index in [0.29, 0.717) is 17.2 Å². The number of halogens is 2. The van der Waals surface area contributed by atoms with E-state index in [1.54, 1.807) is 16.9 Å². The van der Waals surface area contributed by atoms with Crippen molar-refractivity contribution in [1.82, 2.24) is 14.6 Å². The Labute approximate surface area is 176 Å². The number of nitriles is 1. The molecule has 140 valence electrons. The van der Waals surface area contributed by atoms with Gasteiger partial charge in [-0.1, -0.05) is 48.0 Å². The summed E-state index contributed by atoms with van der Waals surface area (Å²) < 4.78 is 2.49. The number of anilines is 1. The van der Waals surface area contributed by atoms with Gasteiger partial charge < -0.3 is 5.32 Å². The summed E-state index contributed by atoms with van der Waals surface area (Å²) in [5.74, 6) is 0.738. The van der Waals surface area contributed by atoms with Gasteiger partial charge in [0, 0.05) is 29.4 Å². The second-order valence-electron chi connectivity index (χ2n) is 5.71.